The topological polar surface area (TPSA) is 90.9 Å². The van der Waals surface area contributed by atoms with Crippen molar-refractivity contribution < 1.29 is 0 Å². The van der Waals surface area contributed by atoms with Crippen molar-refractivity contribution in [2.75, 3.05) is 32.0 Å². The van der Waals surface area contributed by atoms with Gasteiger partial charge in [0.05, 0.1) is 11.2 Å². The predicted molar refractivity (Wildman–Crippen MR) is 136 cm³/mol. The van der Waals surface area contributed by atoms with Crippen LogP contribution in [-0.2, 0) is 13.1 Å². The fourth-order valence-electron chi connectivity index (χ4n) is 3.79. The number of aromatic amines is 1. The number of aromatic nitrogens is 4. The molecule has 0 aliphatic heterocycles. The summed E-state index contributed by atoms with van der Waals surface area (Å²) in [5.41, 5.74) is 2.63. The quantitative estimate of drug-likeness (QED) is 0.327. The number of nitrogens with zero attached hydrogens (tertiary/aromatic N) is 4. The Labute approximate surface area is 200 Å². The highest BCUT2D eigenvalue weighted by Crippen LogP contribution is 2.20. The van der Waals surface area contributed by atoms with Crippen molar-refractivity contribution in [2.45, 2.75) is 59.2 Å². The molecule has 0 saturated heterocycles. The van der Waals surface area contributed by atoms with Crippen LogP contribution < -0.4 is 16.2 Å². The standard InChI is InChI=1S/C24H36ClN7O/c1-5-6-12-31(4)17(2)9-10-27-23-24(33)32(18(3)15-28-23)13-11-26-16-22-20-14-19(25)7-8-21(20)29-30-22/h7-8,14-15,17,26H,5-6,9-13,16H2,1-4H3,(H,27,28)(H,29,30). The zero-order valence-corrected chi connectivity index (χ0v) is 20.9. The normalized spacial score (nSPS) is 12.5. The number of anilines is 1. The average molecular weight is 474 g/mol. The summed E-state index contributed by atoms with van der Waals surface area (Å²) in [6, 6.07) is 6.09. The fourth-order valence-corrected chi connectivity index (χ4v) is 3.96. The summed E-state index contributed by atoms with van der Waals surface area (Å²) in [5.74, 6) is 0.415. The Morgan fingerprint density at radius 3 is 2.91 bits per heavy atom. The third kappa shape index (κ3) is 6.79. The van der Waals surface area contributed by atoms with E-state index in [1.54, 1.807) is 10.8 Å². The highest BCUT2D eigenvalue weighted by molar-refractivity contribution is 6.31. The van der Waals surface area contributed by atoms with Gasteiger partial charge in [0.1, 0.15) is 0 Å². The second-order valence-electron chi connectivity index (χ2n) is 8.64. The smallest absolute Gasteiger partial charge is 0.293 e. The molecule has 0 saturated carbocycles. The Balaban J connectivity index is 1.52. The zero-order valence-electron chi connectivity index (χ0n) is 20.1. The van der Waals surface area contributed by atoms with E-state index in [2.05, 4.69) is 51.6 Å². The van der Waals surface area contributed by atoms with E-state index in [0.717, 1.165) is 41.8 Å². The maximum atomic E-state index is 12.9. The first-order valence-electron chi connectivity index (χ1n) is 11.7. The van der Waals surface area contributed by atoms with Gasteiger partial charge >= 0.3 is 0 Å². The number of hydrogen-bond acceptors (Lipinski definition) is 6. The third-order valence-electron chi connectivity index (χ3n) is 6.13. The van der Waals surface area contributed by atoms with E-state index in [1.165, 1.54) is 12.8 Å². The van der Waals surface area contributed by atoms with Gasteiger partial charge in [0.2, 0.25) is 0 Å². The summed E-state index contributed by atoms with van der Waals surface area (Å²) in [5, 5.41) is 15.7. The van der Waals surface area contributed by atoms with Crippen LogP contribution in [0.3, 0.4) is 0 Å². The summed E-state index contributed by atoms with van der Waals surface area (Å²) in [4.78, 5) is 19.7. The van der Waals surface area contributed by atoms with Crippen LogP contribution in [0.25, 0.3) is 10.9 Å². The Morgan fingerprint density at radius 1 is 1.30 bits per heavy atom. The molecule has 0 radical (unpaired) electrons. The van der Waals surface area contributed by atoms with Gasteiger partial charge in [-0.25, -0.2) is 4.98 Å². The van der Waals surface area contributed by atoms with Crippen LogP contribution in [0.1, 0.15) is 44.5 Å². The zero-order chi connectivity index (χ0) is 23.8. The number of benzene rings is 1. The van der Waals surface area contributed by atoms with Gasteiger partial charge in [-0.2, -0.15) is 5.10 Å². The van der Waals surface area contributed by atoms with Crippen molar-refractivity contribution in [3.8, 4) is 0 Å². The molecule has 180 valence electrons. The molecular formula is C24H36ClN7O. The number of rotatable bonds is 13. The van der Waals surface area contributed by atoms with Crippen molar-refractivity contribution in [2.24, 2.45) is 0 Å². The Bertz CT molecular complexity index is 1090. The molecule has 0 spiro atoms. The van der Waals surface area contributed by atoms with Gasteiger partial charge < -0.3 is 20.1 Å². The maximum absolute atomic E-state index is 12.9. The minimum atomic E-state index is -0.0810. The highest BCUT2D eigenvalue weighted by Gasteiger charge is 2.11. The molecule has 0 aliphatic carbocycles. The van der Waals surface area contributed by atoms with Gasteiger partial charge in [0.15, 0.2) is 5.82 Å². The Hall–Kier alpha value is -2.42. The summed E-state index contributed by atoms with van der Waals surface area (Å²) in [6.07, 6.45) is 5.12. The first-order valence-corrected chi connectivity index (χ1v) is 12.1. The summed E-state index contributed by atoms with van der Waals surface area (Å²) >= 11 is 6.11. The maximum Gasteiger partial charge on any atom is 0.293 e. The van der Waals surface area contributed by atoms with E-state index in [9.17, 15) is 4.79 Å². The lowest BCUT2D eigenvalue weighted by Gasteiger charge is -2.24. The Morgan fingerprint density at radius 2 is 2.12 bits per heavy atom. The number of fused-ring (bicyclic) bond motifs is 1. The summed E-state index contributed by atoms with van der Waals surface area (Å²) in [7, 11) is 2.16. The molecule has 3 N–H and O–H groups in total. The van der Waals surface area contributed by atoms with E-state index in [1.807, 2.05) is 25.1 Å². The van der Waals surface area contributed by atoms with E-state index in [4.69, 9.17) is 11.6 Å². The van der Waals surface area contributed by atoms with E-state index in [0.29, 0.717) is 36.5 Å². The largest absolute Gasteiger partial charge is 0.365 e. The third-order valence-corrected chi connectivity index (χ3v) is 6.37. The molecule has 3 aromatic rings. The van der Waals surface area contributed by atoms with Crippen LogP contribution in [0, 0.1) is 6.92 Å². The number of aryl methyl sites for hydroxylation is 1. The molecule has 2 aromatic heterocycles. The molecule has 1 atom stereocenters. The minimum Gasteiger partial charge on any atom is -0.365 e. The summed E-state index contributed by atoms with van der Waals surface area (Å²) in [6.45, 7) is 9.98. The lowest BCUT2D eigenvalue weighted by molar-refractivity contribution is 0.246. The minimum absolute atomic E-state index is 0.0810. The number of unbranched alkanes of at least 4 members (excludes halogenated alkanes) is 1. The van der Waals surface area contributed by atoms with Gasteiger partial charge in [-0.3, -0.25) is 9.89 Å². The number of halogens is 1. The van der Waals surface area contributed by atoms with Gasteiger partial charge in [0.25, 0.3) is 5.56 Å². The predicted octanol–water partition coefficient (Wildman–Crippen LogP) is 3.79. The number of H-pyrrole nitrogens is 1. The first kappa shape index (κ1) is 25.2. The summed E-state index contributed by atoms with van der Waals surface area (Å²) < 4.78 is 1.76. The van der Waals surface area contributed by atoms with E-state index >= 15 is 0 Å². The van der Waals surface area contributed by atoms with Gasteiger partial charge in [-0.15, -0.1) is 0 Å². The monoisotopic (exact) mass is 473 g/mol. The van der Waals surface area contributed by atoms with Crippen molar-refractivity contribution in [3.63, 3.8) is 0 Å². The van der Waals surface area contributed by atoms with E-state index < -0.39 is 0 Å². The van der Waals surface area contributed by atoms with Gasteiger partial charge in [0, 0.05) is 54.5 Å². The van der Waals surface area contributed by atoms with Crippen LogP contribution >= 0.6 is 11.6 Å². The molecule has 0 bridgehead atoms. The molecule has 3 rings (SSSR count). The van der Waals surface area contributed by atoms with Crippen LogP contribution in [0.5, 0.6) is 0 Å². The number of nitrogens with one attached hydrogen (secondary N) is 3. The fraction of sp³-hybridized carbons (Fsp3) is 0.542. The molecule has 9 heteroatoms. The first-order chi connectivity index (χ1) is 15.9. The molecular weight excluding hydrogens is 438 g/mol. The van der Waals surface area contributed by atoms with Gasteiger partial charge in [-0.05, 0) is 58.5 Å². The van der Waals surface area contributed by atoms with Crippen LogP contribution in [0.2, 0.25) is 5.02 Å². The highest BCUT2D eigenvalue weighted by atomic mass is 35.5. The Kier molecular flexibility index (Phi) is 9.29. The van der Waals surface area contributed by atoms with Crippen molar-refractivity contribution >= 4 is 28.3 Å². The SMILES string of the molecule is CCCCN(C)C(C)CCNc1ncc(C)n(CCNCc2[nH]nc3ccc(Cl)cc23)c1=O. The number of hydrogen-bond donors (Lipinski definition) is 3. The van der Waals surface area contributed by atoms with Crippen molar-refractivity contribution in [3.05, 3.63) is 51.2 Å². The van der Waals surface area contributed by atoms with E-state index in [-0.39, 0.29) is 5.56 Å². The molecule has 0 amide bonds. The molecule has 1 aromatic carbocycles. The lowest BCUT2D eigenvalue weighted by atomic mass is 10.2. The molecule has 2 heterocycles. The second-order valence-corrected chi connectivity index (χ2v) is 9.08. The molecule has 1 unspecified atom stereocenters. The van der Waals surface area contributed by atoms with Crippen LogP contribution in [-0.4, -0.2) is 57.4 Å². The second kappa shape index (κ2) is 12.2. The van der Waals surface area contributed by atoms with Gasteiger partial charge in [-0.1, -0.05) is 24.9 Å². The van der Waals surface area contributed by atoms with Crippen LogP contribution in [0.15, 0.2) is 29.2 Å². The van der Waals surface area contributed by atoms with Crippen molar-refractivity contribution in [1.82, 2.24) is 30.0 Å². The molecule has 0 fully saturated rings. The van der Waals surface area contributed by atoms with Crippen molar-refractivity contribution in [1.29, 1.82) is 0 Å². The lowest BCUT2D eigenvalue weighted by Crippen LogP contribution is -2.33. The molecule has 33 heavy (non-hydrogen) atoms. The molecule has 0 aliphatic rings. The van der Waals surface area contributed by atoms with Crippen LogP contribution in [0.4, 0.5) is 5.82 Å². The molecule has 8 nitrogen and oxygen atoms in total. The average Bonchev–Trinajstić information content (AvgIpc) is 3.20.